The summed E-state index contributed by atoms with van der Waals surface area (Å²) in [5.41, 5.74) is 7.47. The molecule has 0 aromatic heterocycles. The molecule has 1 unspecified atom stereocenters. The van der Waals surface area contributed by atoms with Crippen LogP contribution in [0.3, 0.4) is 0 Å². The maximum atomic E-state index is 6.11. The third-order valence-electron chi connectivity index (χ3n) is 5.02. The molecule has 0 spiro atoms. The Morgan fingerprint density at radius 3 is 2.48 bits per heavy atom. The molecule has 2 heteroatoms. The number of hydrogen-bond donors (Lipinski definition) is 1. The number of rotatable bonds is 4. The van der Waals surface area contributed by atoms with Crippen LogP contribution in [0.4, 0.5) is 0 Å². The van der Waals surface area contributed by atoms with Crippen molar-refractivity contribution in [3.05, 3.63) is 48.0 Å². The first-order valence-corrected chi connectivity index (χ1v) is 8.20. The first-order chi connectivity index (χ1) is 10.3. The molecule has 2 aromatic carbocycles. The molecule has 1 fully saturated rings. The number of benzene rings is 2. The highest BCUT2D eigenvalue weighted by atomic mass is 15.2. The molecular formula is C19H26N2. The van der Waals surface area contributed by atoms with Gasteiger partial charge in [-0.3, -0.25) is 4.90 Å². The van der Waals surface area contributed by atoms with Crippen LogP contribution in [0, 0.1) is 0 Å². The van der Waals surface area contributed by atoms with E-state index in [0.29, 0.717) is 18.6 Å². The van der Waals surface area contributed by atoms with Crippen LogP contribution in [0.2, 0.25) is 0 Å². The number of likely N-dealkylation sites (N-methyl/N-ethyl adjacent to an activating group) is 1. The Balaban J connectivity index is 1.86. The number of nitrogens with zero attached hydrogens (tertiary/aromatic N) is 1. The summed E-state index contributed by atoms with van der Waals surface area (Å²) in [4.78, 5) is 2.52. The van der Waals surface area contributed by atoms with Crippen LogP contribution >= 0.6 is 0 Å². The van der Waals surface area contributed by atoms with Crippen molar-refractivity contribution in [2.24, 2.45) is 5.73 Å². The maximum Gasteiger partial charge on any atom is 0.0470 e. The van der Waals surface area contributed by atoms with Gasteiger partial charge in [0, 0.05) is 18.6 Å². The van der Waals surface area contributed by atoms with Crippen LogP contribution in [-0.4, -0.2) is 24.5 Å². The normalized spacial score (nSPS) is 18.2. The monoisotopic (exact) mass is 282 g/mol. The molecule has 1 aliphatic rings. The fraction of sp³-hybridized carbons (Fsp3) is 0.474. The first-order valence-electron chi connectivity index (χ1n) is 8.20. The van der Waals surface area contributed by atoms with Gasteiger partial charge < -0.3 is 5.73 Å². The molecule has 1 atom stereocenters. The summed E-state index contributed by atoms with van der Waals surface area (Å²) >= 11 is 0. The zero-order valence-corrected chi connectivity index (χ0v) is 13.0. The molecular weight excluding hydrogens is 256 g/mol. The SMILES string of the molecule is CN(C1CCCCC1)C(CN)c1ccc2ccccc2c1. The van der Waals surface area contributed by atoms with Gasteiger partial charge in [-0.05, 0) is 42.3 Å². The first kappa shape index (κ1) is 14.6. The molecule has 1 saturated carbocycles. The average molecular weight is 282 g/mol. The van der Waals surface area contributed by atoms with Gasteiger partial charge >= 0.3 is 0 Å². The predicted molar refractivity (Wildman–Crippen MR) is 90.4 cm³/mol. The van der Waals surface area contributed by atoms with Crippen molar-refractivity contribution < 1.29 is 0 Å². The Kier molecular flexibility index (Phi) is 4.57. The Labute approximate surface area is 127 Å². The minimum Gasteiger partial charge on any atom is -0.329 e. The minimum atomic E-state index is 0.331. The van der Waals surface area contributed by atoms with Crippen LogP contribution < -0.4 is 5.73 Å². The standard InChI is InChI=1S/C19H26N2/c1-21(18-9-3-2-4-10-18)19(14-20)17-12-11-15-7-5-6-8-16(15)13-17/h5-8,11-13,18-19H,2-4,9-10,14,20H2,1H3. The van der Waals surface area contributed by atoms with Crippen molar-refractivity contribution in [2.45, 2.75) is 44.2 Å². The average Bonchev–Trinajstić information content (AvgIpc) is 2.56. The lowest BCUT2D eigenvalue weighted by molar-refractivity contribution is 0.141. The minimum absolute atomic E-state index is 0.331. The number of hydrogen-bond acceptors (Lipinski definition) is 2. The number of fused-ring (bicyclic) bond motifs is 1. The second-order valence-electron chi connectivity index (χ2n) is 6.32. The summed E-state index contributed by atoms with van der Waals surface area (Å²) in [6.45, 7) is 0.686. The largest absolute Gasteiger partial charge is 0.329 e. The Morgan fingerprint density at radius 1 is 1.05 bits per heavy atom. The fourth-order valence-electron chi connectivity index (χ4n) is 3.70. The van der Waals surface area contributed by atoms with E-state index in [0.717, 1.165) is 0 Å². The lowest BCUT2D eigenvalue weighted by Gasteiger charge is -2.37. The predicted octanol–water partition coefficient (Wildman–Crippen LogP) is 4.10. The van der Waals surface area contributed by atoms with E-state index >= 15 is 0 Å². The highest BCUT2D eigenvalue weighted by molar-refractivity contribution is 5.83. The number of nitrogens with two attached hydrogens (primary N) is 1. The van der Waals surface area contributed by atoms with Crippen molar-refractivity contribution in [2.75, 3.05) is 13.6 Å². The second-order valence-corrected chi connectivity index (χ2v) is 6.32. The van der Waals surface area contributed by atoms with Crippen molar-refractivity contribution in [1.29, 1.82) is 0 Å². The van der Waals surface area contributed by atoms with E-state index in [9.17, 15) is 0 Å². The highest BCUT2D eigenvalue weighted by Gasteiger charge is 2.24. The Morgan fingerprint density at radius 2 is 1.76 bits per heavy atom. The summed E-state index contributed by atoms with van der Waals surface area (Å²) in [5, 5.41) is 2.61. The van der Waals surface area contributed by atoms with E-state index in [4.69, 9.17) is 5.73 Å². The maximum absolute atomic E-state index is 6.11. The van der Waals surface area contributed by atoms with Gasteiger partial charge in [-0.1, -0.05) is 55.7 Å². The molecule has 2 nitrogen and oxygen atoms in total. The van der Waals surface area contributed by atoms with Crippen molar-refractivity contribution in [3.8, 4) is 0 Å². The van der Waals surface area contributed by atoms with Gasteiger partial charge in [0.25, 0.3) is 0 Å². The molecule has 1 aliphatic carbocycles. The van der Waals surface area contributed by atoms with Gasteiger partial charge in [-0.15, -0.1) is 0 Å². The zero-order valence-electron chi connectivity index (χ0n) is 13.0. The molecule has 2 aromatic rings. The van der Waals surface area contributed by atoms with Crippen molar-refractivity contribution in [1.82, 2.24) is 4.90 Å². The summed E-state index contributed by atoms with van der Waals surface area (Å²) < 4.78 is 0. The van der Waals surface area contributed by atoms with Gasteiger partial charge in [0.2, 0.25) is 0 Å². The summed E-state index contributed by atoms with van der Waals surface area (Å²) in [7, 11) is 2.25. The van der Waals surface area contributed by atoms with Crippen LogP contribution in [0.1, 0.15) is 43.7 Å². The Bertz CT molecular complexity index is 587. The molecule has 0 saturated heterocycles. The molecule has 0 radical (unpaired) electrons. The fourth-order valence-corrected chi connectivity index (χ4v) is 3.70. The summed E-state index contributed by atoms with van der Waals surface area (Å²) in [5.74, 6) is 0. The van der Waals surface area contributed by atoms with E-state index in [1.807, 2.05) is 0 Å². The third kappa shape index (κ3) is 3.12. The topological polar surface area (TPSA) is 29.3 Å². The van der Waals surface area contributed by atoms with Crippen LogP contribution in [-0.2, 0) is 0 Å². The smallest absolute Gasteiger partial charge is 0.0470 e. The highest BCUT2D eigenvalue weighted by Crippen LogP contribution is 2.29. The van der Waals surface area contributed by atoms with Gasteiger partial charge in [-0.2, -0.15) is 0 Å². The molecule has 0 amide bonds. The molecule has 0 heterocycles. The molecule has 0 bridgehead atoms. The third-order valence-corrected chi connectivity index (χ3v) is 5.02. The van der Waals surface area contributed by atoms with E-state index in [1.165, 1.54) is 48.4 Å². The molecule has 0 aliphatic heterocycles. The van der Waals surface area contributed by atoms with Gasteiger partial charge in [0.05, 0.1) is 0 Å². The van der Waals surface area contributed by atoms with Crippen molar-refractivity contribution >= 4 is 10.8 Å². The lowest BCUT2D eigenvalue weighted by Crippen LogP contribution is -2.39. The van der Waals surface area contributed by atoms with Crippen molar-refractivity contribution in [3.63, 3.8) is 0 Å². The van der Waals surface area contributed by atoms with E-state index in [1.54, 1.807) is 0 Å². The lowest BCUT2D eigenvalue weighted by atomic mass is 9.92. The van der Waals surface area contributed by atoms with Crippen LogP contribution in [0.15, 0.2) is 42.5 Å². The van der Waals surface area contributed by atoms with Gasteiger partial charge in [-0.25, -0.2) is 0 Å². The van der Waals surface area contributed by atoms with Gasteiger partial charge in [0.15, 0.2) is 0 Å². The Hall–Kier alpha value is -1.38. The van der Waals surface area contributed by atoms with Crippen LogP contribution in [0.5, 0.6) is 0 Å². The molecule has 21 heavy (non-hydrogen) atoms. The molecule has 112 valence electrons. The van der Waals surface area contributed by atoms with Crippen LogP contribution in [0.25, 0.3) is 10.8 Å². The summed E-state index contributed by atoms with van der Waals surface area (Å²) in [6, 6.07) is 16.4. The zero-order chi connectivity index (χ0) is 14.7. The van der Waals surface area contributed by atoms with Gasteiger partial charge in [0.1, 0.15) is 0 Å². The second kappa shape index (κ2) is 6.59. The van der Waals surface area contributed by atoms with E-state index in [-0.39, 0.29) is 0 Å². The summed E-state index contributed by atoms with van der Waals surface area (Å²) in [6.07, 6.45) is 6.77. The quantitative estimate of drug-likeness (QED) is 0.914. The van der Waals surface area contributed by atoms with E-state index < -0.39 is 0 Å². The molecule has 3 rings (SSSR count). The van der Waals surface area contributed by atoms with E-state index in [2.05, 4.69) is 54.4 Å². The molecule has 2 N–H and O–H groups in total.